The smallest absolute Gasteiger partial charge is 0.279 e. The fourth-order valence-corrected chi connectivity index (χ4v) is 2.93. The largest absolute Gasteiger partial charge is 0.352 e. The molecule has 1 unspecified atom stereocenters. The number of anilines is 1. The molecule has 1 saturated heterocycles. The highest BCUT2D eigenvalue weighted by Gasteiger charge is 2.24. The summed E-state index contributed by atoms with van der Waals surface area (Å²) in [5, 5.41) is 5.67. The van der Waals surface area contributed by atoms with Crippen LogP contribution in [0.25, 0.3) is 0 Å². The van der Waals surface area contributed by atoms with Gasteiger partial charge in [-0.25, -0.2) is 0 Å². The lowest BCUT2D eigenvalue weighted by Gasteiger charge is -2.29. The number of rotatable bonds is 5. The first-order valence-corrected chi connectivity index (χ1v) is 8.13. The number of amides is 2. The molecule has 1 aliphatic heterocycles. The van der Waals surface area contributed by atoms with Gasteiger partial charge in [0.05, 0.1) is 12.6 Å². The van der Waals surface area contributed by atoms with Crippen LogP contribution < -0.4 is 15.5 Å². The third-order valence-electron chi connectivity index (χ3n) is 4.22. The second-order valence-electron chi connectivity index (χ2n) is 5.97. The van der Waals surface area contributed by atoms with E-state index in [4.69, 9.17) is 0 Å². The summed E-state index contributed by atoms with van der Waals surface area (Å²) in [6.07, 6.45) is 3.65. The minimum atomic E-state index is -0.117. The van der Waals surface area contributed by atoms with Crippen molar-refractivity contribution >= 4 is 17.5 Å². The van der Waals surface area contributed by atoms with Gasteiger partial charge in [-0.2, -0.15) is 0 Å². The molecule has 0 spiro atoms. The van der Waals surface area contributed by atoms with Crippen LogP contribution in [0.3, 0.4) is 0 Å². The molecule has 1 fully saturated rings. The summed E-state index contributed by atoms with van der Waals surface area (Å²) in [7, 11) is 0. The van der Waals surface area contributed by atoms with Crippen LogP contribution in [-0.4, -0.2) is 37.5 Å². The molecule has 2 amide bonds. The number of piperidine rings is 1. The Labute approximate surface area is 132 Å². The summed E-state index contributed by atoms with van der Waals surface area (Å²) in [5.74, 6) is -0.106. The van der Waals surface area contributed by atoms with Crippen molar-refractivity contribution in [2.24, 2.45) is 0 Å². The number of quaternary nitrogens is 1. The SMILES string of the molecule is CCNC(=O)c1cccc(NC(=O)C[NH+]2CCCC[C@@H]2C)c1. The van der Waals surface area contributed by atoms with Crippen LogP contribution in [0.1, 0.15) is 43.5 Å². The van der Waals surface area contributed by atoms with Crippen LogP contribution in [0, 0.1) is 0 Å². The Morgan fingerprint density at radius 1 is 1.32 bits per heavy atom. The average molecular weight is 304 g/mol. The minimum absolute atomic E-state index is 0.0109. The summed E-state index contributed by atoms with van der Waals surface area (Å²) in [6, 6.07) is 7.61. The fourth-order valence-electron chi connectivity index (χ4n) is 2.93. The first-order valence-electron chi connectivity index (χ1n) is 8.13. The zero-order chi connectivity index (χ0) is 15.9. The van der Waals surface area contributed by atoms with E-state index in [1.54, 1.807) is 18.2 Å². The lowest BCUT2D eigenvalue weighted by molar-refractivity contribution is -0.920. The van der Waals surface area contributed by atoms with Gasteiger partial charge in [-0.3, -0.25) is 9.59 Å². The molecule has 1 aromatic carbocycles. The maximum Gasteiger partial charge on any atom is 0.279 e. The monoisotopic (exact) mass is 304 g/mol. The minimum Gasteiger partial charge on any atom is -0.352 e. The highest BCUT2D eigenvalue weighted by molar-refractivity contribution is 5.97. The standard InChI is InChI=1S/C17H25N3O2/c1-3-18-17(22)14-8-6-9-15(11-14)19-16(21)12-20-10-5-4-7-13(20)2/h6,8-9,11,13H,3-5,7,10,12H2,1-2H3,(H,18,22)(H,19,21)/p+1/t13-/m0/s1. The predicted molar refractivity (Wildman–Crippen MR) is 87.1 cm³/mol. The van der Waals surface area contributed by atoms with E-state index in [0.717, 1.165) is 6.54 Å². The third-order valence-corrected chi connectivity index (χ3v) is 4.22. The number of nitrogens with one attached hydrogen (secondary N) is 3. The topological polar surface area (TPSA) is 62.6 Å². The van der Waals surface area contributed by atoms with Gasteiger partial charge in [-0.05, 0) is 51.3 Å². The Morgan fingerprint density at radius 3 is 2.86 bits per heavy atom. The van der Waals surface area contributed by atoms with Crippen molar-refractivity contribution in [2.75, 3.05) is 25.0 Å². The molecule has 3 N–H and O–H groups in total. The Kier molecular flexibility index (Phi) is 5.95. The van der Waals surface area contributed by atoms with Crippen LogP contribution in [-0.2, 0) is 4.79 Å². The maximum atomic E-state index is 12.2. The van der Waals surface area contributed by atoms with Crippen molar-refractivity contribution < 1.29 is 14.5 Å². The predicted octanol–water partition coefficient (Wildman–Crippen LogP) is 0.832. The van der Waals surface area contributed by atoms with Gasteiger partial charge in [0.25, 0.3) is 11.8 Å². The van der Waals surface area contributed by atoms with E-state index in [-0.39, 0.29) is 11.8 Å². The zero-order valence-electron chi connectivity index (χ0n) is 13.4. The van der Waals surface area contributed by atoms with Gasteiger partial charge in [0.15, 0.2) is 6.54 Å². The van der Waals surface area contributed by atoms with E-state index in [0.29, 0.717) is 30.4 Å². The van der Waals surface area contributed by atoms with Gasteiger partial charge in [-0.15, -0.1) is 0 Å². The van der Waals surface area contributed by atoms with E-state index in [9.17, 15) is 9.59 Å². The van der Waals surface area contributed by atoms with Crippen molar-refractivity contribution in [3.8, 4) is 0 Å². The van der Waals surface area contributed by atoms with Crippen molar-refractivity contribution in [3.05, 3.63) is 29.8 Å². The Hall–Kier alpha value is -1.88. The molecule has 22 heavy (non-hydrogen) atoms. The summed E-state index contributed by atoms with van der Waals surface area (Å²) in [6.45, 7) is 6.23. The van der Waals surface area contributed by atoms with Crippen LogP contribution in [0.5, 0.6) is 0 Å². The van der Waals surface area contributed by atoms with Crippen LogP contribution >= 0.6 is 0 Å². The second kappa shape index (κ2) is 7.94. The highest BCUT2D eigenvalue weighted by Crippen LogP contribution is 2.10. The molecule has 120 valence electrons. The lowest BCUT2D eigenvalue weighted by Crippen LogP contribution is -3.17. The molecule has 5 heteroatoms. The number of carbonyl (C=O) groups is 2. The summed E-state index contributed by atoms with van der Waals surface area (Å²) in [4.78, 5) is 25.4. The van der Waals surface area contributed by atoms with Gasteiger partial charge in [0.2, 0.25) is 0 Å². The zero-order valence-corrected chi connectivity index (χ0v) is 13.4. The maximum absolute atomic E-state index is 12.2. The second-order valence-corrected chi connectivity index (χ2v) is 5.97. The van der Waals surface area contributed by atoms with Crippen LogP contribution in [0.2, 0.25) is 0 Å². The van der Waals surface area contributed by atoms with Gasteiger partial charge in [-0.1, -0.05) is 6.07 Å². The third kappa shape index (κ3) is 4.56. The quantitative estimate of drug-likeness (QED) is 0.754. The van der Waals surface area contributed by atoms with E-state index in [2.05, 4.69) is 17.6 Å². The lowest BCUT2D eigenvalue weighted by atomic mass is 10.0. The van der Waals surface area contributed by atoms with Gasteiger partial charge < -0.3 is 15.5 Å². The number of likely N-dealkylation sites (tertiary alicyclic amines) is 1. The van der Waals surface area contributed by atoms with Gasteiger partial charge in [0.1, 0.15) is 0 Å². The van der Waals surface area contributed by atoms with E-state index >= 15 is 0 Å². The van der Waals surface area contributed by atoms with Gasteiger partial charge in [0, 0.05) is 17.8 Å². The Balaban J connectivity index is 1.93. The first-order chi connectivity index (χ1) is 10.6. The van der Waals surface area contributed by atoms with Crippen molar-refractivity contribution in [2.45, 2.75) is 39.2 Å². The summed E-state index contributed by atoms with van der Waals surface area (Å²) < 4.78 is 0. The molecule has 0 bridgehead atoms. The molecule has 0 aliphatic carbocycles. The molecule has 0 aromatic heterocycles. The number of hydrogen-bond acceptors (Lipinski definition) is 2. The van der Waals surface area contributed by atoms with E-state index in [1.807, 2.05) is 13.0 Å². The Morgan fingerprint density at radius 2 is 2.14 bits per heavy atom. The van der Waals surface area contributed by atoms with E-state index in [1.165, 1.54) is 24.2 Å². The Bertz CT molecular complexity index is 530. The average Bonchev–Trinajstić information content (AvgIpc) is 2.50. The first kappa shape index (κ1) is 16.5. The number of carbonyl (C=O) groups excluding carboxylic acids is 2. The molecule has 0 saturated carbocycles. The molecule has 5 nitrogen and oxygen atoms in total. The summed E-state index contributed by atoms with van der Waals surface area (Å²) in [5.41, 5.74) is 1.25. The molecular formula is C17H26N3O2+. The molecule has 2 atom stereocenters. The molecule has 1 aromatic rings. The highest BCUT2D eigenvalue weighted by atomic mass is 16.2. The van der Waals surface area contributed by atoms with Crippen LogP contribution in [0.15, 0.2) is 24.3 Å². The van der Waals surface area contributed by atoms with Crippen molar-refractivity contribution in [3.63, 3.8) is 0 Å². The number of hydrogen-bond donors (Lipinski definition) is 3. The fraction of sp³-hybridized carbons (Fsp3) is 0.529. The van der Waals surface area contributed by atoms with E-state index < -0.39 is 0 Å². The molecule has 1 aliphatic rings. The van der Waals surface area contributed by atoms with Crippen molar-refractivity contribution in [1.29, 1.82) is 0 Å². The molecular weight excluding hydrogens is 278 g/mol. The van der Waals surface area contributed by atoms with Crippen molar-refractivity contribution in [1.82, 2.24) is 5.32 Å². The molecule has 2 rings (SSSR count). The molecule has 0 radical (unpaired) electrons. The normalized spacial score (nSPS) is 21.2. The summed E-state index contributed by atoms with van der Waals surface area (Å²) >= 11 is 0. The van der Waals surface area contributed by atoms with Gasteiger partial charge >= 0.3 is 0 Å². The number of benzene rings is 1. The van der Waals surface area contributed by atoms with Crippen LogP contribution in [0.4, 0.5) is 5.69 Å². The molecule has 1 heterocycles.